The fourth-order valence-electron chi connectivity index (χ4n) is 2.87. The number of ether oxygens (including phenoxy) is 1. The first-order valence-corrected chi connectivity index (χ1v) is 7.03. The maximum absolute atomic E-state index is 6.50. The summed E-state index contributed by atoms with van der Waals surface area (Å²) in [5.41, 5.74) is 0.604. The van der Waals surface area contributed by atoms with Crippen LogP contribution in [0.25, 0.3) is 0 Å². The number of hydrogen-bond donors (Lipinski definition) is 1. The monoisotopic (exact) mass is 239 g/mol. The summed E-state index contributed by atoms with van der Waals surface area (Å²) in [6.45, 7) is 14.9. The van der Waals surface area contributed by atoms with E-state index in [1.54, 1.807) is 0 Å². The van der Waals surface area contributed by atoms with Crippen LogP contribution >= 0.6 is 0 Å². The van der Waals surface area contributed by atoms with Gasteiger partial charge in [0.25, 0.3) is 0 Å². The van der Waals surface area contributed by atoms with Crippen LogP contribution < -0.4 is 5.32 Å². The van der Waals surface area contributed by atoms with Crippen molar-refractivity contribution in [2.75, 3.05) is 6.54 Å². The molecule has 0 radical (unpaired) electrons. The lowest BCUT2D eigenvalue weighted by Gasteiger charge is -2.57. The minimum Gasteiger partial charge on any atom is -0.354 e. The van der Waals surface area contributed by atoms with Gasteiger partial charge < -0.3 is 4.74 Å². The van der Waals surface area contributed by atoms with Crippen molar-refractivity contribution in [3.8, 4) is 0 Å². The third-order valence-electron chi connectivity index (χ3n) is 5.34. The molecule has 0 aromatic heterocycles. The highest BCUT2D eigenvalue weighted by molar-refractivity contribution is 5.01. The van der Waals surface area contributed by atoms with Crippen LogP contribution in [0.1, 0.15) is 67.2 Å². The standard InChI is InChI=1S/C15H29NO/c1-12(2)7-9-15(10-8-12)16-11-13(3,4)14(5,6)17-15/h16H,7-11H2,1-6H3. The molecule has 0 amide bonds. The van der Waals surface area contributed by atoms with Crippen molar-refractivity contribution < 1.29 is 4.74 Å². The zero-order valence-electron chi connectivity index (χ0n) is 12.4. The predicted molar refractivity (Wildman–Crippen MR) is 71.9 cm³/mol. The first-order chi connectivity index (χ1) is 7.58. The molecule has 0 unspecified atom stereocenters. The smallest absolute Gasteiger partial charge is 0.120 e. The molecule has 1 saturated carbocycles. The second kappa shape index (κ2) is 3.71. The Kier molecular flexibility index (Phi) is 2.91. The molecular weight excluding hydrogens is 210 g/mol. The van der Waals surface area contributed by atoms with Crippen molar-refractivity contribution in [2.45, 2.75) is 78.6 Å². The van der Waals surface area contributed by atoms with Crippen LogP contribution in [0.3, 0.4) is 0 Å². The Balaban J connectivity index is 2.11. The van der Waals surface area contributed by atoms with Crippen LogP contribution in [0.4, 0.5) is 0 Å². The van der Waals surface area contributed by atoms with Gasteiger partial charge in [0, 0.05) is 12.0 Å². The summed E-state index contributed by atoms with van der Waals surface area (Å²) >= 11 is 0. The molecule has 0 aromatic rings. The second-order valence-corrected chi connectivity index (χ2v) is 8.01. The van der Waals surface area contributed by atoms with Crippen LogP contribution in [0.5, 0.6) is 0 Å². The van der Waals surface area contributed by atoms with Gasteiger partial charge in [0.15, 0.2) is 0 Å². The average molecular weight is 239 g/mol. The molecule has 17 heavy (non-hydrogen) atoms. The van der Waals surface area contributed by atoms with E-state index in [1.807, 2.05) is 0 Å². The number of hydrogen-bond acceptors (Lipinski definition) is 2. The summed E-state index contributed by atoms with van der Waals surface area (Å²) in [5.74, 6) is 0. The molecule has 2 nitrogen and oxygen atoms in total. The summed E-state index contributed by atoms with van der Waals surface area (Å²) in [5, 5.41) is 3.70. The highest BCUT2D eigenvalue weighted by atomic mass is 16.5. The van der Waals surface area contributed by atoms with E-state index < -0.39 is 0 Å². The van der Waals surface area contributed by atoms with Gasteiger partial charge in [0.05, 0.1) is 5.60 Å². The molecule has 0 aromatic carbocycles. The average Bonchev–Trinajstić information content (AvgIpc) is 2.18. The Hall–Kier alpha value is -0.0800. The van der Waals surface area contributed by atoms with Gasteiger partial charge in [-0.05, 0) is 44.9 Å². The summed E-state index contributed by atoms with van der Waals surface area (Å²) < 4.78 is 6.50. The van der Waals surface area contributed by atoms with Crippen molar-refractivity contribution in [2.24, 2.45) is 10.8 Å². The van der Waals surface area contributed by atoms with Crippen molar-refractivity contribution in [1.82, 2.24) is 5.32 Å². The highest BCUT2D eigenvalue weighted by Crippen LogP contribution is 2.48. The molecule has 1 N–H and O–H groups in total. The quantitative estimate of drug-likeness (QED) is 0.696. The van der Waals surface area contributed by atoms with E-state index in [9.17, 15) is 0 Å². The van der Waals surface area contributed by atoms with Crippen LogP contribution in [0.2, 0.25) is 0 Å². The third kappa shape index (κ3) is 2.39. The molecule has 0 atom stereocenters. The zero-order chi connectivity index (χ0) is 12.9. The molecule has 1 spiro atoms. The van der Waals surface area contributed by atoms with Crippen molar-refractivity contribution in [1.29, 1.82) is 0 Å². The first kappa shape index (κ1) is 13.4. The van der Waals surface area contributed by atoms with Gasteiger partial charge in [-0.3, -0.25) is 5.32 Å². The first-order valence-electron chi connectivity index (χ1n) is 7.03. The lowest BCUT2D eigenvalue weighted by molar-refractivity contribution is -0.251. The summed E-state index contributed by atoms with van der Waals surface area (Å²) in [7, 11) is 0. The number of nitrogens with one attached hydrogen (secondary N) is 1. The number of rotatable bonds is 0. The molecule has 2 aliphatic rings. The van der Waals surface area contributed by atoms with Gasteiger partial charge >= 0.3 is 0 Å². The topological polar surface area (TPSA) is 21.3 Å². The van der Waals surface area contributed by atoms with E-state index in [2.05, 4.69) is 46.9 Å². The van der Waals surface area contributed by atoms with E-state index in [4.69, 9.17) is 4.74 Å². The van der Waals surface area contributed by atoms with E-state index in [-0.39, 0.29) is 16.7 Å². The summed E-state index contributed by atoms with van der Waals surface area (Å²) in [4.78, 5) is 0. The van der Waals surface area contributed by atoms with Crippen LogP contribution in [-0.2, 0) is 4.74 Å². The molecule has 2 fully saturated rings. The maximum Gasteiger partial charge on any atom is 0.120 e. The van der Waals surface area contributed by atoms with Crippen LogP contribution in [0, 0.1) is 10.8 Å². The molecular formula is C15H29NO. The zero-order valence-corrected chi connectivity index (χ0v) is 12.4. The van der Waals surface area contributed by atoms with E-state index in [0.29, 0.717) is 5.41 Å². The fraction of sp³-hybridized carbons (Fsp3) is 1.00. The van der Waals surface area contributed by atoms with Gasteiger partial charge in [-0.25, -0.2) is 0 Å². The van der Waals surface area contributed by atoms with Crippen molar-refractivity contribution in [3.05, 3.63) is 0 Å². The Morgan fingerprint density at radius 1 is 0.824 bits per heavy atom. The lowest BCUT2D eigenvalue weighted by atomic mass is 9.70. The molecule has 1 heterocycles. The van der Waals surface area contributed by atoms with Crippen molar-refractivity contribution >= 4 is 0 Å². The Labute approximate surface area is 107 Å². The molecule has 2 heteroatoms. The molecule has 1 aliphatic heterocycles. The van der Waals surface area contributed by atoms with E-state index in [0.717, 1.165) is 19.4 Å². The second-order valence-electron chi connectivity index (χ2n) is 8.01. The van der Waals surface area contributed by atoms with Gasteiger partial charge in [-0.1, -0.05) is 27.7 Å². The largest absolute Gasteiger partial charge is 0.354 e. The van der Waals surface area contributed by atoms with Gasteiger partial charge in [-0.15, -0.1) is 0 Å². The van der Waals surface area contributed by atoms with Gasteiger partial charge in [0.2, 0.25) is 0 Å². The molecule has 2 rings (SSSR count). The van der Waals surface area contributed by atoms with Crippen LogP contribution in [0.15, 0.2) is 0 Å². The molecule has 100 valence electrons. The SMILES string of the molecule is CC1(C)CCC2(CC1)NCC(C)(C)C(C)(C)O2. The Morgan fingerprint density at radius 2 is 1.35 bits per heavy atom. The summed E-state index contributed by atoms with van der Waals surface area (Å²) in [6.07, 6.45) is 4.83. The Morgan fingerprint density at radius 3 is 1.82 bits per heavy atom. The predicted octanol–water partition coefficient (Wildman–Crippen LogP) is 3.71. The normalized spacial score (nSPS) is 33.5. The molecule has 1 saturated heterocycles. The molecule has 0 bridgehead atoms. The van der Waals surface area contributed by atoms with Crippen LogP contribution in [-0.4, -0.2) is 17.9 Å². The lowest BCUT2D eigenvalue weighted by Crippen LogP contribution is -2.66. The minimum absolute atomic E-state index is 0.0419. The summed E-state index contributed by atoms with van der Waals surface area (Å²) in [6, 6.07) is 0. The maximum atomic E-state index is 6.50. The minimum atomic E-state index is -0.0471. The Bertz CT molecular complexity index is 289. The van der Waals surface area contributed by atoms with E-state index in [1.165, 1.54) is 12.8 Å². The van der Waals surface area contributed by atoms with E-state index >= 15 is 0 Å². The highest BCUT2D eigenvalue weighted by Gasteiger charge is 2.51. The fourth-order valence-corrected chi connectivity index (χ4v) is 2.87. The molecule has 1 aliphatic carbocycles. The van der Waals surface area contributed by atoms with Gasteiger partial charge in [-0.2, -0.15) is 0 Å². The third-order valence-corrected chi connectivity index (χ3v) is 5.34. The van der Waals surface area contributed by atoms with Crippen molar-refractivity contribution in [3.63, 3.8) is 0 Å². The van der Waals surface area contributed by atoms with Gasteiger partial charge in [0.1, 0.15) is 5.72 Å².